The summed E-state index contributed by atoms with van der Waals surface area (Å²) in [5, 5.41) is 12.0. The van der Waals surface area contributed by atoms with Crippen molar-refractivity contribution in [2.24, 2.45) is 0 Å². The second-order valence-electron chi connectivity index (χ2n) is 6.90. The number of nitrogens with zero attached hydrogens (tertiary/aromatic N) is 1. The molecule has 1 amide bonds. The van der Waals surface area contributed by atoms with Crippen LogP contribution in [0.3, 0.4) is 0 Å². The molecule has 1 saturated heterocycles. The van der Waals surface area contributed by atoms with Gasteiger partial charge in [-0.15, -0.1) is 11.3 Å². The molecule has 2 aliphatic rings. The fraction of sp³-hybridized carbons (Fsp3) is 0.421. The molecule has 2 unspecified atom stereocenters. The predicted molar refractivity (Wildman–Crippen MR) is 95.0 cm³/mol. The highest BCUT2D eigenvalue weighted by atomic mass is 32.1. The van der Waals surface area contributed by atoms with Crippen molar-refractivity contribution < 1.29 is 27.5 Å². The quantitative estimate of drug-likeness (QED) is 0.689. The van der Waals surface area contributed by atoms with E-state index in [0.717, 1.165) is 12.2 Å². The fourth-order valence-electron chi connectivity index (χ4n) is 3.52. The molecule has 2 heterocycles. The van der Waals surface area contributed by atoms with E-state index in [1.807, 2.05) is 0 Å². The Labute approximate surface area is 158 Å². The third-order valence-corrected chi connectivity index (χ3v) is 5.87. The molecule has 0 radical (unpaired) electrons. The van der Waals surface area contributed by atoms with Crippen LogP contribution >= 0.6 is 11.3 Å². The number of fused-ring (bicyclic) bond motifs is 1. The van der Waals surface area contributed by atoms with Crippen LogP contribution in [0.5, 0.6) is 0 Å². The summed E-state index contributed by atoms with van der Waals surface area (Å²) in [6.07, 6.45) is -1.86. The molecule has 3 rings (SSSR count). The van der Waals surface area contributed by atoms with E-state index in [9.17, 15) is 23.1 Å². The maximum atomic E-state index is 15.3. The fourth-order valence-corrected chi connectivity index (χ4v) is 4.19. The van der Waals surface area contributed by atoms with E-state index in [1.165, 1.54) is 16.2 Å². The van der Waals surface area contributed by atoms with E-state index < -0.39 is 28.9 Å². The van der Waals surface area contributed by atoms with Gasteiger partial charge < -0.3 is 10.0 Å². The Morgan fingerprint density at radius 1 is 1.37 bits per heavy atom. The van der Waals surface area contributed by atoms with Crippen molar-refractivity contribution in [2.75, 3.05) is 6.54 Å². The molecule has 0 bridgehead atoms. The SMILES string of the molecule is C=C1C=C2CCCCN(C(=O)c3cccs3)C2=CC(C)(F)C1(O)C(F)(F)F. The zero-order chi connectivity index (χ0) is 20.0. The van der Waals surface area contributed by atoms with Crippen molar-refractivity contribution in [2.45, 2.75) is 43.6 Å². The summed E-state index contributed by atoms with van der Waals surface area (Å²) in [4.78, 5) is 14.6. The third-order valence-electron chi connectivity index (χ3n) is 5.01. The predicted octanol–water partition coefficient (Wildman–Crippen LogP) is 4.78. The molecule has 3 nitrogen and oxygen atoms in total. The van der Waals surface area contributed by atoms with Gasteiger partial charge in [0.25, 0.3) is 5.91 Å². The first-order valence-electron chi connectivity index (χ1n) is 8.45. The van der Waals surface area contributed by atoms with Gasteiger partial charge in [0.05, 0.1) is 4.88 Å². The number of hydrogen-bond acceptors (Lipinski definition) is 3. The lowest BCUT2D eigenvalue weighted by atomic mass is 9.80. The molecule has 0 aromatic carbocycles. The normalized spacial score (nSPS) is 29.4. The summed E-state index contributed by atoms with van der Waals surface area (Å²) in [5.74, 6) is -0.400. The van der Waals surface area contributed by atoms with E-state index >= 15 is 4.39 Å². The van der Waals surface area contributed by atoms with Gasteiger partial charge in [-0.1, -0.05) is 18.7 Å². The molecule has 1 aliphatic heterocycles. The lowest BCUT2D eigenvalue weighted by Crippen LogP contribution is -2.59. The number of thiophene rings is 1. The number of alkyl halides is 4. The average Bonchev–Trinajstić information content (AvgIpc) is 3.01. The molecule has 1 aromatic rings. The van der Waals surface area contributed by atoms with Crippen molar-refractivity contribution >= 4 is 17.2 Å². The molecule has 146 valence electrons. The standard InChI is InChI=1S/C19H19F4NO2S/c1-12-10-13-6-3-4-8-24(16(25)15-7-5-9-27-15)14(13)11-17(2,20)18(12,26)19(21,22)23/h5,7,9-11,26H,1,3-4,6,8H2,2H3. The Bertz CT molecular complexity index is 823. The van der Waals surface area contributed by atoms with Crippen LogP contribution in [0.1, 0.15) is 35.9 Å². The lowest BCUT2D eigenvalue weighted by Gasteiger charge is -2.39. The van der Waals surface area contributed by atoms with Crippen LogP contribution in [0.2, 0.25) is 0 Å². The summed E-state index contributed by atoms with van der Waals surface area (Å²) >= 11 is 1.20. The minimum absolute atomic E-state index is 0.0669. The molecular weight excluding hydrogens is 382 g/mol. The number of amides is 1. The zero-order valence-corrected chi connectivity index (χ0v) is 15.5. The molecule has 1 fully saturated rings. The molecule has 8 heteroatoms. The van der Waals surface area contributed by atoms with E-state index in [2.05, 4.69) is 6.58 Å². The number of halogens is 4. The number of allylic oxidation sites excluding steroid dienone is 1. The van der Waals surface area contributed by atoms with Crippen molar-refractivity contribution in [3.8, 4) is 0 Å². The van der Waals surface area contributed by atoms with Crippen LogP contribution in [0.4, 0.5) is 17.6 Å². The molecular formula is C19H19F4NO2S. The largest absolute Gasteiger partial charge is 0.424 e. The number of carbonyl (C=O) groups is 1. The van der Waals surface area contributed by atoms with Crippen LogP contribution in [-0.2, 0) is 0 Å². The number of aliphatic hydroxyl groups is 1. The number of rotatable bonds is 1. The smallest absolute Gasteiger partial charge is 0.374 e. The molecule has 27 heavy (non-hydrogen) atoms. The van der Waals surface area contributed by atoms with E-state index in [4.69, 9.17) is 0 Å². The van der Waals surface area contributed by atoms with Gasteiger partial charge in [0, 0.05) is 12.2 Å². The summed E-state index contributed by atoms with van der Waals surface area (Å²) in [7, 11) is 0. The van der Waals surface area contributed by atoms with E-state index in [0.29, 0.717) is 36.6 Å². The van der Waals surface area contributed by atoms with Gasteiger partial charge in [-0.2, -0.15) is 13.2 Å². The lowest BCUT2D eigenvalue weighted by molar-refractivity contribution is -0.274. The monoisotopic (exact) mass is 401 g/mol. The highest BCUT2D eigenvalue weighted by Crippen LogP contribution is 2.50. The van der Waals surface area contributed by atoms with Gasteiger partial charge in [-0.25, -0.2) is 4.39 Å². The number of likely N-dealkylation sites (tertiary alicyclic amines) is 1. The Morgan fingerprint density at radius 2 is 2.07 bits per heavy atom. The van der Waals surface area contributed by atoms with Crippen molar-refractivity contribution in [1.82, 2.24) is 4.90 Å². The highest BCUT2D eigenvalue weighted by molar-refractivity contribution is 7.12. The van der Waals surface area contributed by atoms with Gasteiger partial charge >= 0.3 is 6.18 Å². The highest BCUT2D eigenvalue weighted by Gasteiger charge is 2.66. The number of carbonyl (C=O) groups excluding carboxylic acids is 1. The molecule has 2 atom stereocenters. The molecule has 1 aliphatic carbocycles. The van der Waals surface area contributed by atoms with Crippen LogP contribution in [0.15, 0.2) is 53.1 Å². The first kappa shape index (κ1) is 19.8. The van der Waals surface area contributed by atoms with Gasteiger partial charge in [-0.3, -0.25) is 4.79 Å². The summed E-state index contributed by atoms with van der Waals surface area (Å²) < 4.78 is 56.1. The van der Waals surface area contributed by atoms with Crippen molar-refractivity contribution in [3.63, 3.8) is 0 Å². The van der Waals surface area contributed by atoms with Gasteiger partial charge in [0.2, 0.25) is 5.60 Å². The first-order chi connectivity index (χ1) is 12.5. The molecule has 1 N–H and O–H groups in total. The second kappa shape index (κ2) is 6.60. The first-order valence-corrected chi connectivity index (χ1v) is 9.33. The van der Waals surface area contributed by atoms with E-state index in [-0.39, 0.29) is 12.2 Å². The topological polar surface area (TPSA) is 40.5 Å². The minimum atomic E-state index is -5.27. The Hall–Kier alpha value is -1.93. The third kappa shape index (κ3) is 3.14. The minimum Gasteiger partial charge on any atom is -0.374 e. The van der Waals surface area contributed by atoms with Crippen molar-refractivity contribution in [3.05, 3.63) is 58.0 Å². The molecule has 1 aromatic heterocycles. The van der Waals surface area contributed by atoms with Crippen LogP contribution in [0.25, 0.3) is 0 Å². The summed E-state index contributed by atoms with van der Waals surface area (Å²) in [5.41, 5.74) is -7.31. The van der Waals surface area contributed by atoms with Crippen LogP contribution in [-0.4, -0.2) is 39.9 Å². The average molecular weight is 401 g/mol. The summed E-state index contributed by atoms with van der Waals surface area (Å²) in [6, 6.07) is 3.30. The van der Waals surface area contributed by atoms with Crippen LogP contribution < -0.4 is 0 Å². The maximum Gasteiger partial charge on any atom is 0.424 e. The molecule has 0 saturated carbocycles. The van der Waals surface area contributed by atoms with Crippen molar-refractivity contribution in [1.29, 1.82) is 0 Å². The Kier molecular flexibility index (Phi) is 4.84. The van der Waals surface area contributed by atoms with E-state index in [1.54, 1.807) is 17.5 Å². The van der Waals surface area contributed by atoms with Gasteiger partial charge in [0.15, 0.2) is 5.67 Å². The Morgan fingerprint density at radius 3 is 2.67 bits per heavy atom. The van der Waals surface area contributed by atoms with Gasteiger partial charge in [0.1, 0.15) is 0 Å². The van der Waals surface area contributed by atoms with Crippen LogP contribution in [0, 0.1) is 0 Å². The molecule has 0 spiro atoms. The second-order valence-corrected chi connectivity index (χ2v) is 7.85. The Balaban J connectivity index is 2.17. The number of hydrogen-bond donors (Lipinski definition) is 1. The van der Waals surface area contributed by atoms with Gasteiger partial charge in [-0.05, 0) is 54.9 Å². The maximum absolute atomic E-state index is 15.3. The summed E-state index contributed by atoms with van der Waals surface area (Å²) in [6.45, 7) is 4.23. The zero-order valence-electron chi connectivity index (χ0n) is 14.6.